The lowest BCUT2D eigenvalue weighted by Crippen LogP contribution is -2.36. The second-order valence-corrected chi connectivity index (χ2v) is 5.51. The molecular weight excluding hydrogens is 318 g/mol. The summed E-state index contributed by atoms with van der Waals surface area (Å²) in [4.78, 5) is 28.8. The number of benzene rings is 1. The third-order valence-corrected chi connectivity index (χ3v) is 3.37. The first kappa shape index (κ1) is 16.8. The first-order valence-electron chi connectivity index (χ1n) is 6.82. The summed E-state index contributed by atoms with van der Waals surface area (Å²) < 4.78 is 0. The summed E-state index contributed by atoms with van der Waals surface area (Å²) >= 11 is 5.93. The molecule has 0 saturated heterocycles. The van der Waals surface area contributed by atoms with E-state index in [1.165, 1.54) is 17.2 Å². The fraction of sp³-hybridized carbons (Fsp3) is 0.188. The van der Waals surface area contributed by atoms with Gasteiger partial charge in [-0.15, -0.1) is 0 Å². The van der Waals surface area contributed by atoms with Crippen LogP contribution in [0.1, 0.15) is 10.5 Å². The van der Waals surface area contributed by atoms with Crippen molar-refractivity contribution in [2.75, 3.05) is 20.6 Å². The van der Waals surface area contributed by atoms with Crippen LogP contribution in [-0.2, 0) is 4.79 Å². The molecule has 2 amide bonds. The molecule has 0 unspecified atom stereocenters. The summed E-state index contributed by atoms with van der Waals surface area (Å²) in [7, 11) is 3.17. The Balaban J connectivity index is 2.16. The second-order valence-electron chi connectivity index (χ2n) is 5.07. The van der Waals surface area contributed by atoms with E-state index >= 15 is 0 Å². The van der Waals surface area contributed by atoms with E-state index in [0.717, 1.165) is 5.56 Å². The molecule has 6 nitrogen and oxygen atoms in total. The summed E-state index contributed by atoms with van der Waals surface area (Å²) in [5, 5.41) is 13.0. The molecule has 2 aromatic rings. The van der Waals surface area contributed by atoms with Gasteiger partial charge in [-0.1, -0.05) is 23.7 Å². The number of likely N-dealkylation sites (N-methyl/N-ethyl adjacent to an activating group) is 1. The molecule has 0 bridgehead atoms. The molecule has 0 aliphatic heterocycles. The highest BCUT2D eigenvalue weighted by molar-refractivity contribution is 6.30. The molecular formula is C16H16ClN3O3. The Morgan fingerprint density at radius 2 is 2.00 bits per heavy atom. The van der Waals surface area contributed by atoms with Crippen molar-refractivity contribution in [3.05, 3.63) is 47.2 Å². The highest BCUT2D eigenvalue weighted by Crippen LogP contribution is 2.26. The Morgan fingerprint density at radius 3 is 2.61 bits per heavy atom. The van der Waals surface area contributed by atoms with Crippen molar-refractivity contribution in [1.82, 2.24) is 15.2 Å². The Kier molecular flexibility index (Phi) is 5.18. The molecule has 0 aliphatic rings. The van der Waals surface area contributed by atoms with Crippen LogP contribution in [0.5, 0.6) is 5.75 Å². The number of pyridine rings is 1. The van der Waals surface area contributed by atoms with Crippen LogP contribution in [0.25, 0.3) is 11.1 Å². The number of aromatic nitrogens is 1. The molecule has 1 aromatic carbocycles. The second kappa shape index (κ2) is 7.11. The first-order valence-corrected chi connectivity index (χ1v) is 7.19. The van der Waals surface area contributed by atoms with E-state index in [1.807, 2.05) is 6.07 Å². The third-order valence-electron chi connectivity index (χ3n) is 3.14. The van der Waals surface area contributed by atoms with Crippen LogP contribution in [0, 0.1) is 0 Å². The van der Waals surface area contributed by atoms with Gasteiger partial charge in [0.1, 0.15) is 5.75 Å². The SMILES string of the molecule is CN(C)C(=O)CNC(=O)c1ncc(-c2cccc(Cl)c2)cc1O. The predicted octanol–water partition coefficient (Wildman–Crippen LogP) is 1.93. The lowest BCUT2D eigenvalue weighted by Gasteiger charge is -2.11. The van der Waals surface area contributed by atoms with Crippen molar-refractivity contribution in [2.24, 2.45) is 0 Å². The molecule has 2 rings (SSSR count). The van der Waals surface area contributed by atoms with Gasteiger partial charge in [0, 0.05) is 30.9 Å². The number of carbonyl (C=O) groups is 2. The summed E-state index contributed by atoms with van der Waals surface area (Å²) in [5.41, 5.74) is 1.27. The zero-order valence-corrected chi connectivity index (χ0v) is 13.5. The number of aromatic hydroxyl groups is 1. The number of hydrogen-bond acceptors (Lipinski definition) is 4. The summed E-state index contributed by atoms with van der Waals surface area (Å²) in [6.07, 6.45) is 1.47. The Morgan fingerprint density at radius 1 is 1.26 bits per heavy atom. The van der Waals surface area contributed by atoms with E-state index in [1.54, 1.807) is 32.3 Å². The first-order chi connectivity index (χ1) is 10.9. The van der Waals surface area contributed by atoms with Crippen LogP contribution in [0.3, 0.4) is 0 Å². The zero-order valence-electron chi connectivity index (χ0n) is 12.7. The molecule has 2 N–H and O–H groups in total. The monoisotopic (exact) mass is 333 g/mol. The van der Waals surface area contributed by atoms with Crippen LogP contribution in [-0.4, -0.2) is 47.4 Å². The number of carbonyl (C=O) groups excluding carboxylic acids is 2. The summed E-state index contributed by atoms with van der Waals surface area (Å²) in [6.45, 7) is -0.164. The molecule has 1 aromatic heterocycles. The fourth-order valence-corrected chi connectivity index (χ4v) is 2.04. The van der Waals surface area contributed by atoms with Gasteiger partial charge in [0.05, 0.1) is 6.54 Å². The van der Waals surface area contributed by atoms with Crippen LogP contribution in [0.4, 0.5) is 0 Å². The Labute approximate surface area is 138 Å². The van der Waals surface area contributed by atoms with Gasteiger partial charge in [-0.25, -0.2) is 4.98 Å². The highest BCUT2D eigenvalue weighted by Gasteiger charge is 2.15. The van der Waals surface area contributed by atoms with Crippen LogP contribution in [0.2, 0.25) is 5.02 Å². The van der Waals surface area contributed by atoms with Crippen molar-refractivity contribution in [3.63, 3.8) is 0 Å². The van der Waals surface area contributed by atoms with E-state index < -0.39 is 5.91 Å². The third kappa shape index (κ3) is 4.20. The molecule has 0 fully saturated rings. The average Bonchev–Trinajstić information content (AvgIpc) is 2.52. The van der Waals surface area contributed by atoms with E-state index in [0.29, 0.717) is 10.6 Å². The van der Waals surface area contributed by atoms with Crippen LogP contribution < -0.4 is 5.32 Å². The van der Waals surface area contributed by atoms with Crippen molar-refractivity contribution < 1.29 is 14.7 Å². The van der Waals surface area contributed by atoms with Gasteiger partial charge in [-0.2, -0.15) is 0 Å². The quantitative estimate of drug-likeness (QED) is 0.895. The topological polar surface area (TPSA) is 82.5 Å². The molecule has 0 saturated carbocycles. The van der Waals surface area contributed by atoms with Crippen molar-refractivity contribution >= 4 is 23.4 Å². The zero-order chi connectivity index (χ0) is 17.0. The van der Waals surface area contributed by atoms with Gasteiger partial charge in [0.15, 0.2) is 5.69 Å². The maximum Gasteiger partial charge on any atom is 0.274 e. The van der Waals surface area contributed by atoms with Crippen molar-refractivity contribution in [3.8, 4) is 16.9 Å². The lowest BCUT2D eigenvalue weighted by atomic mass is 10.1. The number of rotatable bonds is 4. The number of hydrogen-bond donors (Lipinski definition) is 2. The largest absolute Gasteiger partial charge is 0.505 e. The molecule has 0 atom stereocenters. The molecule has 0 aliphatic carbocycles. The molecule has 120 valence electrons. The van der Waals surface area contributed by atoms with E-state index in [9.17, 15) is 14.7 Å². The van der Waals surface area contributed by atoms with Gasteiger partial charge in [0.2, 0.25) is 5.91 Å². The van der Waals surface area contributed by atoms with Crippen LogP contribution in [0.15, 0.2) is 36.5 Å². The van der Waals surface area contributed by atoms with Gasteiger partial charge in [-0.05, 0) is 23.8 Å². The Bertz CT molecular complexity index is 747. The molecule has 7 heteroatoms. The van der Waals surface area contributed by atoms with E-state index in [-0.39, 0.29) is 23.9 Å². The standard InChI is InChI=1S/C16H16ClN3O3/c1-20(2)14(22)9-19-16(23)15-13(21)7-11(8-18-15)10-4-3-5-12(17)6-10/h3-8,21H,9H2,1-2H3,(H,19,23). The number of halogens is 1. The number of amides is 2. The smallest absolute Gasteiger partial charge is 0.274 e. The summed E-state index contributed by atoms with van der Waals surface area (Å²) in [5.74, 6) is -1.14. The fourth-order valence-electron chi connectivity index (χ4n) is 1.85. The van der Waals surface area contributed by atoms with Crippen molar-refractivity contribution in [1.29, 1.82) is 0 Å². The molecule has 0 spiro atoms. The normalized spacial score (nSPS) is 10.2. The number of nitrogens with one attached hydrogen (secondary N) is 1. The highest BCUT2D eigenvalue weighted by atomic mass is 35.5. The minimum Gasteiger partial charge on any atom is -0.505 e. The van der Waals surface area contributed by atoms with Gasteiger partial charge in [-0.3, -0.25) is 9.59 Å². The van der Waals surface area contributed by atoms with Crippen LogP contribution >= 0.6 is 11.6 Å². The van der Waals surface area contributed by atoms with Gasteiger partial charge >= 0.3 is 0 Å². The predicted molar refractivity (Wildman–Crippen MR) is 87.4 cm³/mol. The minimum atomic E-state index is -0.615. The van der Waals surface area contributed by atoms with E-state index in [4.69, 9.17) is 11.6 Å². The molecule has 23 heavy (non-hydrogen) atoms. The number of nitrogens with zero attached hydrogens (tertiary/aromatic N) is 2. The van der Waals surface area contributed by atoms with E-state index in [2.05, 4.69) is 10.3 Å². The van der Waals surface area contributed by atoms with Crippen molar-refractivity contribution in [2.45, 2.75) is 0 Å². The Hall–Kier alpha value is -2.60. The molecule has 0 radical (unpaired) electrons. The minimum absolute atomic E-state index is 0.137. The summed E-state index contributed by atoms with van der Waals surface area (Å²) in [6, 6.07) is 8.50. The average molecular weight is 334 g/mol. The lowest BCUT2D eigenvalue weighted by molar-refractivity contribution is -0.127. The maximum atomic E-state index is 12.0. The van der Waals surface area contributed by atoms with Gasteiger partial charge in [0.25, 0.3) is 5.91 Å². The molecule has 1 heterocycles. The van der Waals surface area contributed by atoms with Gasteiger partial charge < -0.3 is 15.3 Å². The maximum absolute atomic E-state index is 12.0.